The SMILES string of the molecule is Cc1cc(C)c(C=Nn2c(-c3ccco3)n[nH]c2=S)c(C)c1. The maximum Gasteiger partial charge on any atom is 0.219 e. The predicted octanol–water partition coefficient (Wildman–Crippen LogP) is 4.01. The molecule has 0 atom stereocenters. The fourth-order valence-corrected chi connectivity index (χ4v) is 2.65. The number of nitrogens with zero attached hydrogens (tertiary/aromatic N) is 3. The van der Waals surface area contributed by atoms with Gasteiger partial charge in [-0.2, -0.15) is 9.78 Å². The third kappa shape index (κ3) is 2.65. The van der Waals surface area contributed by atoms with E-state index in [1.807, 2.05) is 12.3 Å². The van der Waals surface area contributed by atoms with E-state index in [1.165, 1.54) is 16.7 Å². The van der Waals surface area contributed by atoms with Crippen molar-refractivity contribution in [2.45, 2.75) is 20.8 Å². The van der Waals surface area contributed by atoms with Gasteiger partial charge in [0.2, 0.25) is 10.6 Å². The number of aryl methyl sites for hydroxylation is 3. The Balaban J connectivity index is 2.05. The van der Waals surface area contributed by atoms with Crippen molar-refractivity contribution in [3.8, 4) is 11.6 Å². The molecule has 0 aliphatic carbocycles. The second-order valence-electron chi connectivity index (χ2n) is 5.20. The van der Waals surface area contributed by atoms with Gasteiger partial charge < -0.3 is 4.42 Å². The molecule has 0 aliphatic rings. The summed E-state index contributed by atoms with van der Waals surface area (Å²) in [4.78, 5) is 0. The summed E-state index contributed by atoms with van der Waals surface area (Å²) >= 11 is 5.24. The lowest BCUT2D eigenvalue weighted by Gasteiger charge is -2.06. The van der Waals surface area contributed by atoms with Gasteiger partial charge in [-0.25, -0.2) is 5.10 Å². The highest BCUT2D eigenvalue weighted by molar-refractivity contribution is 7.71. The van der Waals surface area contributed by atoms with Crippen molar-refractivity contribution < 1.29 is 4.42 Å². The number of aromatic nitrogens is 3. The molecule has 0 unspecified atom stereocenters. The van der Waals surface area contributed by atoms with Gasteiger partial charge in [0.1, 0.15) is 0 Å². The number of benzene rings is 1. The second kappa shape index (κ2) is 5.73. The number of rotatable bonds is 3. The average molecular weight is 312 g/mol. The van der Waals surface area contributed by atoms with Gasteiger partial charge in [0, 0.05) is 5.56 Å². The predicted molar refractivity (Wildman–Crippen MR) is 88.8 cm³/mol. The Kier molecular flexibility index (Phi) is 3.77. The standard InChI is InChI=1S/C16H16N4OS/c1-10-7-11(2)13(12(3)8-10)9-17-20-15(18-19-16(20)22)14-5-4-6-21-14/h4-9H,1-3H3,(H,19,22). The zero-order valence-electron chi connectivity index (χ0n) is 12.6. The monoisotopic (exact) mass is 312 g/mol. The Morgan fingerprint density at radius 1 is 1.27 bits per heavy atom. The molecule has 1 aromatic carbocycles. The van der Waals surface area contributed by atoms with Crippen LogP contribution in [0, 0.1) is 25.5 Å². The number of furan rings is 1. The highest BCUT2D eigenvalue weighted by Gasteiger charge is 2.10. The molecule has 0 aliphatic heterocycles. The third-order valence-corrected chi connectivity index (χ3v) is 3.70. The van der Waals surface area contributed by atoms with Crippen LogP contribution in [0.4, 0.5) is 0 Å². The summed E-state index contributed by atoms with van der Waals surface area (Å²) in [6, 6.07) is 7.89. The Bertz CT molecular complexity index is 864. The van der Waals surface area contributed by atoms with Crippen LogP contribution in [0.15, 0.2) is 40.0 Å². The van der Waals surface area contributed by atoms with E-state index >= 15 is 0 Å². The molecule has 0 saturated carbocycles. The summed E-state index contributed by atoms with van der Waals surface area (Å²) in [5.41, 5.74) is 4.68. The summed E-state index contributed by atoms with van der Waals surface area (Å²) in [6.07, 6.45) is 3.40. The minimum atomic E-state index is 0.421. The van der Waals surface area contributed by atoms with E-state index in [0.717, 1.165) is 5.56 Å². The molecule has 5 nitrogen and oxygen atoms in total. The molecule has 0 amide bonds. The molecule has 112 valence electrons. The van der Waals surface area contributed by atoms with E-state index in [0.29, 0.717) is 16.4 Å². The number of H-pyrrole nitrogens is 1. The number of hydrogen-bond donors (Lipinski definition) is 1. The summed E-state index contributed by atoms with van der Waals surface area (Å²) in [7, 11) is 0. The van der Waals surface area contributed by atoms with E-state index in [9.17, 15) is 0 Å². The average Bonchev–Trinajstić information content (AvgIpc) is 3.07. The van der Waals surface area contributed by atoms with Crippen LogP contribution in [0.1, 0.15) is 22.3 Å². The molecular formula is C16H16N4OS. The normalized spacial score (nSPS) is 11.4. The molecule has 0 saturated heterocycles. The van der Waals surface area contributed by atoms with Crippen LogP contribution in [0.3, 0.4) is 0 Å². The van der Waals surface area contributed by atoms with Crippen molar-refractivity contribution in [2.24, 2.45) is 5.10 Å². The highest BCUT2D eigenvalue weighted by Crippen LogP contribution is 2.18. The van der Waals surface area contributed by atoms with E-state index in [1.54, 1.807) is 17.0 Å². The van der Waals surface area contributed by atoms with Crippen molar-refractivity contribution in [1.29, 1.82) is 0 Å². The van der Waals surface area contributed by atoms with Gasteiger partial charge in [-0.1, -0.05) is 17.7 Å². The number of hydrogen-bond acceptors (Lipinski definition) is 4. The Hall–Kier alpha value is -2.47. The number of nitrogens with one attached hydrogen (secondary N) is 1. The van der Waals surface area contributed by atoms with Gasteiger partial charge in [0.25, 0.3) is 0 Å². The largest absolute Gasteiger partial charge is 0.461 e. The van der Waals surface area contributed by atoms with Gasteiger partial charge in [0.15, 0.2) is 5.76 Å². The summed E-state index contributed by atoms with van der Waals surface area (Å²) in [6.45, 7) is 6.23. The molecular weight excluding hydrogens is 296 g/mol. The van der Waals surface area contributed by atoms with E-state index in [2.05, 4.69) is 48.2 Å². The highest BCUT2D eigenvalue weighted by atomic mass is 32.1. The summed E-state index contributed by atoms with van der Waals surface area (Å²) in [5, 5.41) is 11.4. The first-order valence-corrected chi connectivity index (χ1v) is 7.30. The van der Waals surface area contributed by atoms with Crippen LogP contribution in [-0.4, -0.2) is 21.1 Å². The van der Waals surface area contributed by atoms with E-state index in [-0.39, 0.29) is 0 Å². The Labute approximate surface area is 133 Å². The molecule has 3 rings (SSSR count). The van der Waals surface area contributed by atoms with Gasteiger partial charge in [-0.15, -0.1) is 5.10 Å². The minimum Gasteiger partial charge on any atom is -0.461 e. The van der Waals surface area contributed by atoms with Crippen molar-refractivity contribution in [3.05, 3.63) is 57.6 Å². The molecule has 6 heteroatoms. The van der Waals surface area contributed by atoms with Crippen molar-refractivity contribution in [3.63, 3.8) is 0 Å². The van der Waals surface area contributed by atoms with Crippen LogP contribution < -0.4 is 0 Å². The maximum absolute atomic E-state index is 5.37. The lowest BCUT2D eigenvalue weighted by Crippen LogP contribution is -1.98. The first kappa shape index (κ1) is 14.5. The van der Waals surface area contributed by atoms with E-state index < -0.39 is 0 Å². The molecule has 2 heterocycles. The lowest BCUT2D eigenvalue weighted by molar-refractivity contribution is 0.573. The second-order valence-corrected chi connectivity index (χ2v) is 5.59. The topological polar surface area (TPSA) is 59.1 Å². The summed E-state index contributed by atoms with van der Waals surface area (Å²) in [5.74, 6) is 1.16. The first-order chi connectivity index (χ1) is 10.6. The molecule has 0 spiro atoms. The van der Waals surface area contributed by atoms with Crippen LogP contribution in [0.25, 0.3) is 11.6 Å². The lowest BCUT2D eigenvalue weighted by atomic mass is 10.0. The quantitative estimate of drug-likeness (QED) is 0.587. The van der Waals surface area contributed by atoms with Gasteiger partial charge in [-0.3, -0.25) is 0 Å². The number of aromatic amines is 1. The zero-order valence-corrected chi connectivity index (χ0v) is 13.4. The molecule has 0 radical (unpaired) electrons. The Morgan fingerprint density at radius 2 is 2.00 bits per heavy atom. The van der Waals surface area contributed by atoms with Crippen molar-refractivity contribution in [2.75, 3.05) is 0 Å². The van der Waals surface area contributed by atoms with Crippen LogP contribution in [0.5, 0.6) is 0 Å². The summed E-state index contributed by atoms with van der Waals surface area (Å²) < 4.78 is 7.35. The van der Waals surface area contributed by atoms with Gasteiger partial charge in [-0.05, 0) is 56.2 Å². The molecule has 0 bridgehead atoms. The zero-order chi connectivity index (χ0) is 15.7. The minimum absolute atomic E-state index is 0.421. The van der Waals surface area contributed by atoms with Crippen molar-refractivity contribution in [1.82, 2.24) is 14.9 Å². The van der Waals surface area contributed by atoms with Crippen LogP contribution in [0.2, 0.25) is 0 Å². The Morgan fingerprint density at radius 3 is 2.64 bits per heavy atom. The molecule has 1 N–H and O–H groups in total. The van der Waals surface area contributed by atoms with Crippen LogP contribution in [-0.2, 0) is 0 Å². The third-order valence-electron chi connectivity index (χ3n) is 3.43. The van der Waals surface area contributed by atoms with E-state index in [4.69, 9.17) is 16.6 Å². The fraction of sp³-hybridized carbons (Fsp3) is 0.188. The fourth-order valence-electron chi connectivity index (χ4n) is 2.47. The molecule has 22 heavy (non-hydrogen) atoms. The van der Waals surface area contributed by atoms with Crippen molar-refractivity contribution >= 4 is 18.4 Å². The van der Waals surface area contributed by atoms with Gasteiger partial charge >= 0.3 is 0 Å². The van der Waals surface area contributed by atoms with Crippen LogP contribution >= 0.6 is 12.2 Å². The molecule has 3 aromatic rings. The first-order valence-electron chi connectivity index (χ1n) is 6.90. The molecule has 2 aromatic heterocycles. The maximum atomic E-state index is 5.37. The smallest absolute Gasteiger partial charge is 0.219 e. The molecule has 0 fully saturated rings. The van der Waals surface area contributed by atoms with Gasteiger partial charge in [0.05, 0.1) is 12.5 Å².